The van der Waals surface area contributed by atoms with Gasteiger partial charge in [0.25, 0.3) is 5.91 Å². The maximum atomic E-state index is 12.3. The monoisotopic (exact) mass is 291 g/mol. The molecule has 0 saturated heterocycles. The van der Waals surface area contributed by atoms with Gasteiger partial charge in [0.15, 0.2) is 6.10 Å². The third kappa shape index (κ3) is 5.07. The van der Waals surface area contributed by atoms with Crippen molar-refractivity contribution in [3.63, 3.8) is 0 Å². The molecular formula is C18H29NO2. The lowest BCUT2D eigenvalue weighted by atomic mass is 9.93. The van der Waals surface area contributed by atoms with Crippen LogP contribution in [0.4, 0.5) is 0 Å². The smallest absolute Gasteiger partial charge is 0.261 e. The molecule has 1 N–H and O–H groups in total. The number of aryl methyl sites for hydroxylation is 2. The molecule has 0 fully saturated rings. The molecule has 0 aliphatic carbocycles. The van der Waals surface area contributed by atoms with E-state index in [-0.39, 0.29) is 11.9 Å². The van der Waals surface area contributed by atoms with Crippen molar-refractivity contribution >= 4 is 5.91 Å². The van der Waals surface area contributed by atoms with Crippen molar-refractivity contribution in [1.29, 1.82) is 0 Å². The first-order chi connectivity index (χ1) is 9.72. The minimum absolute atomic E-state index is 0.0534. The van der Waals surface area contributed by atoms with Crippen molar-refractivity contribution in [2.75, 3.05) is 0 Å². The number of carbonyl (C=O) groups excluding carboxylic acids is 1. The summed E-state index contributed by atoms with van der Waals surface area (Å²) in [6.45, 7) is 14.3. The SMILES string of the molecule is Cc1ccc(O[C@H](C)C(=O)NC(C(C)C)C(C)C)c(C)c1. The molecule has 1 aromatic rings. The molecule has 3 heteroatoms. The quantitative estimate of drug-likeness (QED) is 0.864. The lowest BCUT2D eigenvalue weighted by Crippen LogP contribution is -2.47. The Morgan fingerprint density at radius 1 is 1.05 bits per heavy atom. The predicted octanol–water partition coefficient (Wildman–Crippen LogP) is 3.87. The van der Waals surface area contributed by atoms with Gasteiger partial charge in [-0.2, -0.15) is 0 Å². The third-order valence-electron chi connectivity index (χ3n) is 3.75. The van der Waals surface area contributed by atoms with Gasteiger partial charge in [-0.1, -0.05) is 45.4 Å². The van der Waals surface area contributed by atoms with E-state index in [2.05, 4.69) is 39.1 Å². The maximum absolute atomic E-state index is 12.3. The minimum atomic E-state index is -0.494. The zero-order chi connectivity index (χ0) is 16.2. The van der Waals surface area contributed by atoms with Gasteiger partial charge in [0.05, 0.1) is 0 Å². The van der Waals surface area contributed by atoms with E-state index in [1.165, 1.54) is 5.56 Å². The van der Waals surface area contributed by atoms with Crippen LogP contribution < -0.4 is 10.1 Å². The van der Waals surface area contributed by atoms with E-state index in [0.717, 1.165) is 11.3 Å². The molecule has 21 heavy (non-hydrogen) atoms. The molecule has 0 bridgehead atoms. The number of hydrogen-bond donors (Lipinski definition) is 1. The molecule has 0 aromatic heterocycles. The highest BCUT2D eigenvalue weighted by molar-refractivity contribution is 5.81. The van der Waals surface area contributed by atoms with Gasteiger partial charge >= 0.3 is 0 Å². The zero-order valence-corrected chi connectivity index (χ0v) is 14.4. The number of ether oxygens (including phenoxy) is 1. The number of nitrogens with one attached hydrogen (secondary N) is 1. The van der Waals surface area contributed by atoms with Crippen molar-refractivity contribution in [2.45, 2.75) is 60.6 Å². The molecule has 118 valence electrons. The summed E-state index contributed by atoms with van der Waals surface area (Å²) in [5.41, 5.74) is 2.25. The molecule has 1 amide bonds. The Bertz CT molecular complexity index is 472. The van der Waals surface area contributed by atoms with E-state index in [9.17, 15) is 4.79 Å². The Morgan fingerprint density at radius 2 is 1.62 bits per heavy atom. The van der Waals surface area contributed by atoms with E-state index in [1.54, 1.807) is 6.92 Å². The lowest BCUT2D eigenvalue weighted by Gasteiger charge is -2.27. The van der Waals surface area contributed by atoms with Gasteiger partial charge in [-0.15, -0.1) is 0 Å². The molecule has 1 aromatic carbocycles. The van der Waals surface area contributed by atoms with Crippen molar-refractivity contribution in [3.8, 4) is 5.75 Å². The number of benzene rings is 1. The Labute approximate surface area is 129 Å². The molecule has 1 atom stereocenters. The van der Waals surface area contributed by atoms with Gasteiger partial charge in [0.2, 0.25) is 0 Å². The summed E-state index contributed by atoms with van der Waals surface area (Å²) in [7, 11) is 0. The molecule has 0 aliphatic rings. The average molecular weight is 291 g/mol. The average Bonchev–Trinajstić information content (AvgIpc) is 2.37. The molecular weight excluding hydrogens is 262 g/mol. The van der Waals surface area contributed by atoms with Crippen LogP contribution >= 0.6 is 0 Å². The van der Waals surface area contributed by atoms with Gasteiger partial charge in [0, 0.05) is 6.04 Å². The summed E-state index contributed by atoms with van der Waals surface area (Å²) in [6, 6.07) is 6.16. The van der Waals surface area contributed by atoms with Crippen LogP contribution in [0, 0.1) is 25.7 Å². The number of rotatable bonds is 6. The first-order valence-corrected chi connectivity index (χ1v) is 7.76. The van der Waals surface area contributed by atoms with Crippen LogP contribution in [0.25, 0.3) is 0 Å². The predicted molar refractivity (Wildman–Crippen MR) is 87.6 cm³/mol. The Balaban J connectivity index is 2.70. The molecule has 0 spiro atoms. The molecule has 0 radical (unpaired) electrons. The van der Waals surface area contributed by atoms with Crippen LogP contribution in [0.3, 0.4) is 0 Å². The van der Waals surface area contributed by atoms with Gasteiger partial charge < -0.3 is 10.1 Å². The van der Waals surface area contributed by atoms with Crippen LogP contribution in [0.5, 0.6) is 5.75 Å². The second-order valence-corrected chi connectivity index (χ2v) is 6.55. The van der Waals surface area contributed by atoms with Crippen LogP contribution in [0.15, 0.2) is 18.2 Å². The second kappa shape index (κ2) is 7.48. The van der Waals surface area contributed by atoms with Gasteiger partial charge in [-0.25, -0.2) is 0 Å². The molecule has 1 rings (SSSR count). The van der Waals surface area contributed by atoms with E-state index in [1.807, 2.05) is 26.0 Å². The Morgan fingerprint density at radius 3 is 2.10 bits per heavy atom. The Kier molecular flexibility index (Phi) is 6.25. The summed E-state index contributed by atoms with van der Waals surface area (Å²) < 4.78 is 5.81. The summed E-state index contributed by atoms with van der Waals surface area (Å²) in [4.78, 5) is 12.3. The number of hydrogen-bond acceptors (Lipinski definition) is 2. The highest BCUT2D eigenvalue weighted by atomic mass is 16.5. The van der Waals surface area contributed by atoms with Crippen molar-refractivity contribution in [3.05, 3.63) is 29.3 Å². The van der Waals surface area contributed by atoms with Crippen LogP contribution in [0.2, 0.25) is 0 Å². The van der Waals surface area contributed by atoms with E-state index < -0.39 is 6.10 Å². The maximum Gasteiger partial charge on any atom is 0.261 e. The minimum Gasteiger partial charge on any atom is -0.481 e. The molecule has 3 nitrogen and oxygen atoms in total. The van der Waals surface area contributed by atoms with E-state index in [0.29, 0.717) is 11.8 Å². The molecule has 0 unspecified atom stereocenters. The molecule has 0 heterocycles. The van der Waals surface area contributed by atoms with Crippen molar-refractivity contribution in [1.82, 2.24) is 5.32 Å². The fraction of sp³-hybridized carbons (Fsp3) is 0.611. The summed E-state index contributed by atoms with van der Waals surface area (Å²) in [5, 5.41) is 3.10. The largest absolute Gasteiger partial charge is 0.481 e. The summed E-state index contributed by atoms with van der Waals surface area (Å²) in [5.74, 6) is 1.53. The van der Waals surface area contributed by atoms with Crippen LogP contribution in [-0.2, 0) is 4.79 Å². The summed E-state index contributed by atoms with van der Waals surface area (Å²) >= 11 is 0. The first-order valence-electron chi connectivity index (χ1n) is 7.76. The zero-order valence-electron chi connectivity index (χ0n) is 14.4. The van der Waals surface area contributed by atoms with Crippen molar-refractivity contribution < 1.29 is 9.53 Å². The third-order valence-corrected chi connectivity index (χ3v) is 3.75. The number of carbonyl (C=O) groups is 1. The lowest BCUT2D eigenvalue weighted by molar-refractivity contribution is -0.128. The van der Waals surface area contributed by atoms with E-state index >= 15 is 0 Å². The first kappa shape index (κ1) is 17.5. The van der Waals surface area contributed by atoms with Gasteiger partial charge in [-0.05, 0) is 44.2 Å². The van der Waals surface area contributed by atoms with Gasteiger partial charge in [-0.3, -0.25) is 4.79 Å². The normalized spacial score (nSPS) is 12.9. The second-order valence-electron chi connectivity index (χ2n) is 6.55. The Hall–Kier alpha value is -1.51. The highest BCUT2D eigenvalue weighted by Crippen LogP contribution is 2.20. The van der Waals surface area contributed by atoms with Crippen LogP contribution in [0.1, 0.15) is 45.7 Å². The molecule has 0 saturated carbocycles. The highest BCUT2D eigenvalue weighted by Gasteiger charge is 2.23. The fourth-order valence-corrected chi connectivity index (χ4v) is 2.56. The van der Waals surface area contributed by atoms with E-state index in [4.69, 9.17) is 4.74 Å². The van der Waals surface area contributed by atoms with Gasteiger partial charge in [0.1, 0.15) is 5.75 Å². The standard InChI is InChI=1S/C18H29NO2/c1-11(2)17(12(3)4)19-18(20)15(7)21-16-9-8-13(5)10-14(16)6/h8-12,15,17H,1-7H3,(H,19,20)/t15-/m1/s1. The topological polar surface area (TPSA) is 38.3 Å². The van der Waals surface area contributed by atoms with Crippen molar-refractivity contribution in [2.24, 2.45) is 11.8 Å². The van der Waals surface area contributed by atoms with Crippen LogP contribution in [-0.4, -0.2) is 18.1 Å². The summed E-state index contributed by atoms with van der Waals surface area (Å²) in [6.07, 6.45) is -0.494. The molecule has 0 aliphatic heterocycles. The number of amides is 1. The fourth-order valence-electron chi connectivity index (χ4n) is 2.56.